The summed E-state index contributed by atoms with van der Waals surface area (Å²) in [5.74, 6) is -0.303. The van der Waals surface area contributed by atoms with Crippen LogP contribution >= 0.6 is 0 Å². The van der Waals surface area contributed by atoms with Crippen molar-refractivity contribution in [3.8, 4) is 0 Å². The number of Topliss-reactive ketones (excluding diaryl/α,β-unsaturated/α-hetero) is 1. The van der Waals surface area contributed by atoms with Gasteiger partial charge >= 0.3 is 5.97 Å². The van der Waals surface area contributed by atoms with Crippen molar-refractivity contribution in [2.75, 3.05) is 6.61 Å². The number of ether oxygens (including phenoxy) is 1. The molecule has 0 aromatic carbocycles. The number of hydrogen-bond donors (Lipinski definition) is 2. The van der Waals surface area contributed by atoms with E-state index in [1.54, 1.807) is 0 Å². The zero-order chi connectivity index (χ0) is 23.6. The highest BCUT2D eigenvalue weighted by molar-refractivity contribution is 5.92. The number of hydrogen-bond acceptors (Lipinski definition) is 6. The third-order valence-electron chi connectivity index (χ3n) is 10.5. The third-order valence-corrected chi connectivity index (χ3v) is 10.5. The van der Waals surface area contributed by atoms with E-state index < -0.39 is 22.9 Å². The minimum absolute atomic E-state index is 0.0429. The van der Waals surface area contributed by atoms with Gasteiger partial charge in [-0.2, -0.15) is 0 Å². The number of rotatable bonds is 4. The molecule has 5 aliphatic rings. The molecule has 4 fully saturated rings. The fraction of sp³-hybridized carbons (Fsp3) is 0.815. The van der Waals surface area contributed by atoms with E-state index in [9.17, 15) is 24.6 Å². The standard InChI is InChI=1S/C27H38O6/c1-25-11-9-18(28)13-17(25)7-8-19-20-10-12-27(32,26(20,2)14-21(29)23(19)25)22(30)15-33-24(31)16-5-3-4-6-16/h13,16,19-21,23,29,32H,3-12,14-15H2,1-2H3/t19-,20-,21+,23+,25-,26-,27+/m0/s1. The van der Waals surface area contributed by atoms with Crippen molar-refractivity contribution in [1.29, 1.82) is 0 Å². The summed E-state index contributed by atoms with van der Waals surface area (Å²) in [5, 5.41) is 23.2. The van der Waals surface area contributed by atoms with Crippen LogP contribution in [0.4, 0.5) is 0 Å². The highest BCUT2D eigenvalue weighted by Crippen LogP contribution is 2.67. The fourth-order valence-electron chi connectivity index (χ4n) is 8.69. The smallest absolute Gasteiger partial charge is 0.309 e. The van der Waals surface area contributed by atoms with Crippen LogP contribution in [0.5, 0.6) is 0 Å². The predicted molar refractivity (Wildman–Crippen MR) is 121 cm³/mol. The second kappa shape index (κ2) is 8.01. The van der Waals surface area contributed by atoms with E-state index in [4.69, 9.17) is 4.74 Å². The summed E-state index contributed by atoms with van der Waals surface area (Å²) in [4.78, 5) is 37.7. The van der Waals surface area contributed by atoms with Crippen molar-refractivity contribution < 1.29 is 29.3 Å². The Morgan fingerprint density at radius 1 is 1.09 bits per heavy atom. The maximum Gasteiger partial charge on any atom is 0.309 e. The summed E-state index contributed by atoms with van der Waals surface area (Å²) in [5.41, 5.74) is -1.35. The van der Waals surface area contributed by atoms with Crippen LogP contribution in [0.2, 0.25) is 0 Å². The van der Waals surface area contributed by atoms with Gasteiger partial charge in [0.15, 0.2) is 12.4 Å². The quantitative estimate of drug-likeness (QED) is 0.625. The second-order valence-electron chi connectivity index (χ2n) is 12.0. The van der Waals surface area contributed by atoms with Gasteiger partial charge in [0, 0.05) is 11.8 Å². The van der Waals surface area contributed by atoms with Crippen molar-refractivity contribution in [2.24, 2.45) is 34.5 Å². The summed E-state index contributed by atoms with van der Waals surface area (Å²) < 4.78 is 5.37. The first kappa shape index (κ1) is 23.2. The van der Waals surface area contributed by atoms with Crippen molar-refractivity contribution in [3.63, 3.8) is 0 Å². The Balaban J connectivity index is 1.36. The summed E-state index contributed by atoms with van der Waals surface area (Å²) >= 11 is 0. The number of carbonyl (C=O) groups excluding carboxylic acids is 3. The fourth-order valence-corrected chi connectivity index (χ4v) is 8.69. The van der Waals surface area contributed by atoms with Crippen LogP contribution in [-0.4, -0.2) is 46.1 Å². The maximum atomic E-state index is 13.3. The molecule has 0 heterocycles. The SMILES string of the molecule is C[C@]12CCC(=O)C=C1CC[C@@H]1[C@@H]2[C@H](O)C[C@@]2(C)[C@H]1CC[C@@]2(O)C(=O)COC(=O)C1CCCC1. The molecule has 2 N–H and O–H groups in total. The van der Waals surface area contributed by atoms with E-state index in [1.807, 2.05) is 13.0 Å². The van der Waals surface area contributed by atoms with Crippen LogP contribution in [0, 0.1) is 34.5 Å². The third kappa shape index (κ3) is 3.38. The van der Waals surface area contributed by atoms with Gasteiger partial charge in [-0.25, -0.2) is 0 Å². The Morgan fingerprint density at radius 3 is 2.55 bits per heavy atom. The van der Waals surface area contributed by atoms with Crippen LogP contribution in [-0.2, 0) is 19.1 Å². The Hall–Kier alpha value is -1.53. The van der Waals surface area contributed by atoms with Crippen molar-refractivity contribution >= 4 is 17.5 Å². The number of aliphatic hydroxyl groups is 2. The Morgan fingerprint density at radius 2 is 1.82 bits per heavy atom. The lowest BCUT2D eigenvalue weighted by Gasteiger charge is -2.60. The summed E-state index contributed by atoms with van der Waals surface area (Å²) in [6.07, 6.45) is 9.26. The van der Waals surface area contributed by atoms with Gasteiger partial charge in [-0.15, -0.1) is 0 Å². The van der Waals surface area contributed by atoms with Gasteiger partial charge in [-0.05, 0) is 80.6 Å². The highest BCUT2D eigenvalue weighted by atomic mass is 16.5. The maximum absolute atomic E-state index is 13.3. The van der Waals surface area contributed by atoms with E-state index in [1.165, 1.54) is 5.57 Å². The van der Waals surface area contributed by atoms with Crippen LogP contribution in [0.15, 0.2) is 11.6 Å². The van der Waals surface area contributed by atoms with E-state index in [0.29, 0.717) is 19.3 Å². The highest BCUT2D eigenvalue weighted by Gasteiger charge is 2.68. The number of allylic oxidation sites excluding steroid dienone is 1. The minimum atomic E-state index is -1.58. The number of carbonyl (C=O) groups is 3. The number of aliphatic hydroxyl groups excluding tert-OH is 1. The molecule has 4 saturated carbocycles. The molecule has 0 aliphatic heterocycles. The monoisotopic (exact) mass is 458 g/mol. The lowest BCUT2D eigenvalue weighted by molar-refractivity contribution is -0.185. The normalized spacial score (nSPS) is 45.1. The average molecular weight is 459 g/mol. The zero-order valence-corrected chi connectivity index (χ0v) is 20.0. The molecule has 0 spiro atoms. The van der Waals surface area contributed by atoms with Gasteiger partial charge in [-0.3, -0.25) is 14.4 Å². The van der Waals surface area contributed by atoms with Crippen LogP contribution < -0.4 is 0 Å². The first-order valence-electron chi connectivity index (χ1n) is 12.9. The number of ketones is 2. The minimum Gasteiger partial charge on any atom is -0.457 e. The van der Waals surface area contributed by atoms with Gasteiger partial charge in [0.05, 0.1) is 12.0 Å². The number of fused-ring (bicyclic) bond motifs is 5. The van der Waals surface area contributed by atoms with Crippen molar-refractivity contribution in [3.05, 3.63) is 11.6 Å². The lowest BCUT2D eigenvalue weighted by Crippen LogP contribution is -2.62. The molecule has 182 valence electrons. The van der Waals surface area contributed by atoms with E-state index >= 15 is 0 Å². The molecule has 0 aromatic rings. The van der Waals surface area contributed by atoms with E-state index in [-0.39, 0.29) is 47.4 Å². The predicted octanol–water partition coefficient (Wildman–Crippen LogP) is 3.52. The van der Waals surface area contributed by atoms with Crippen LogP contribution in [0.25, 0.3) is 0 Å². The van der Waals surface area contributed by atoms with Gasteiger partial charge in [-0.1, -0.05) is 32.3 Å². The van der Waals surface area contributed by atoms with Crippen LogP contribution in [0.3, 0.4) is 0 Å². The van der Waals surface area contributed by atoms with E-state index in [0.717, 1.165) is 51.4 Å². The molecule has 0 aromatic heterocycles. The molecule has 5 aliphatic carbocycles. The molecule has 33 heavy (non-hydrogen) atoms. The lowest BCUT2D eigenvalue weighted by atomic mass is 9.45. The molecular formula is C27H38O6. The van der Waals surface area contributed by atoms with Gasteiger partial charge < -0.3 is 14.9 Å². The molecule has 0 amide bonds. The Kier molecular flexibility index (Phi) is 5.64. The summed E-state index contributed by atoms with van der Waals surface area (Å²) in [7, 11) is 0. The zero-order valence-electron chi connectivity index (χ0n) is 20.0. The van der Waals surface area contributed by atoms with Crippen molar-refractivity contribution in [2.45, 2.75) is 96.2 Å². The topological polar surface area (TPSA) is 101 Å². The average Bonchev–Trinajstić information content (AvgIpc) is 3.39. The molecule has 7 atom stereocenters. The number of esters is 1. The van der Waals surface area contributed by atoms with E-state index in [2.05, 4.69) is 6.92 Å². The van der Waals surface area contributed by atoms with Gasteiger partial charge in [0.25, 0.3) is 0 Å². The molecule has 0 unspecified atom stereocenters. The molecule has 0 radical (unpaired) electrons. The molecule has 6 heteroatoms. The molecule has 0 bridgehead atoms. The van der Waals surface area contributed by atoms with Gasteiger partial charge in [0.1, 0.15) is 5.60 Å². The first-order chi connectivity index (χ1) is 15.6. The largest absolute Gasteiger partial charge is 0.457 e. The van der Waals surface area contributed by atoms with Crippen LogP contribution in [0.1, 0.15) is 84.5 Å². The molecule has 6 nitrogen and oxygen atoms in total. The second-order valence-corrected chi connectivity index (χ2v) is 12.0. The molecular weight excluding hydrogens is 420 g/mol. The first-order valence-corrected chi connectivity index (χ1v) is 12.9. The summed E-state index contributed by atoms with van der Waals surface area (Å²) in [6, 6.07) is 0. The Labute approximate surface area is 196 Å². The Bertz CT molecular complexity index is 887. The van der Waals surface area contributed by atoms with Gasteiger partial charge in [0.2, 0.25) is 5.78 Å². The summed E-state index contributed by atoms with van der Waals surface area (Å²) in [6.45, 7) is 3.77. The molecule has 5 rings (SSSR count). The molecule has 0 saturated heterocycles. The van der Waals surface area contributed by atoms with Crippen molar-refractivity contribution in [1.82, 2.24) is 0 Å².